The van der Waals surface area contributed by atoms with E-state index < -0.39 is 5.60 Å². The number of hydrogen-bond acceptors (Lipinski definition) is 2. The minimum absolute atomic E-state index is 0.0248. The van der Waals surface area contributed by atoms with E-state index >= 15 is 0 Å². The molecule has 4 aliphatic rings. The van der Waals surface area contributed by atoms with E-state index in [4.69, 9.17) is 0 Å². The Kier molecular flexibility index (Phi) is 5.71. The molecular weight excluding hydrogens is 344 g/mol. The quantitative estimate of drug-likeness (QED) is 0.538. The van der Waals surface area contributed by atoms with E-state index in [9.17, 15) is 10.2 Å². The Hall–Kier alpha value is -0.0800. The first-order valence-corrected chi connectivity index (χ1v) is 12.5. The van der Waals surface area contributed by atoms with Gasteiger partial charge in [0.2, 0.25) is 0 Å². The number of hydrogen-bond donors (Lipinski definition) is 2. The van der Waals surface area contributed by atoms with Crippen LogP contribution in [0.1, 0.15) is 111 Å². The van der Waals surface area contributed by atoms with Crippen LogP contribution >= 0.6 is 0 Å². The third-order valence-electron chi connectivity index (χ3n) is 10.4. The number of unbranched alkanes of at least 4 members (excludes halogenated alkanes) is 1. The minimum atomic E-state index is -0.498. The van der Waals surface area contributed by atoms with Crippen molar-refractivity contribution in [3.8, 4) is 0 Å². The van der Waals surface area contributed by atoms with Crippen LogP contribution in [0.25, 0.3) is 0 Å². The topological polar surface area (TPSA) is 40.5 Å². The standard InChI is InChI=1S/C26H46O2/c1-24(2,28)14-6-5-7-18-9-11-22-21-10-8-19-17-20(27)12-15-26(19,4)23(21)13-16-25(18,22)3/h18-23,27-28H,5-17H2,1-4H3/t18-,19?,20-,21?,22?,23?,25?,26-/m0/s1. The molecule has 0 aromatic carbocycles. The Balaban J connectivity index is 1.41. The minimum Gasteiger partial charge on any atom is -0.393 e. The SMILES string of the molecule is CC(C)(O)CCCC[C@H]1CCC2C3CCC4C[C@@H](O)CC[C@]4(C)C3CCC21C. The zero-order valence-corrected chi connectivity index (χ0v) is 19.1. The summed E-state index contributed by atoms with van der Waals surface area (Å²) in [5.74, 6) is 4.53. The molecule has 162 valence electrons. The fourth-order valence-electron chi connectivity index (χ4n) is 8.77. The van der Waals surface area contributed by atoms with Gasteiger partial charge in [0.05, 0.1) is 11.7 Å². The molecule has 4 rings (SSSR count). The van der Waals surface area contributed by atoms with Crippen molar-refractivity contribution < 1.29 is 10.2 Å². The molecule has 0 aromatic rings. The highest BCUT2D eigenvalue weighted by atomic mass is 16.3. The lowest BCUT2D eigenvalue weighted by Crippen LogP contribution is -2.53. The summed E-state index contributed by atoms with van der Waals surface area (Å²) in [7, 11) is 0. The number of rotatable bonds is 5. The molecule has 0 bridgehead atoms. The molecular formula is C26H46O2. The summed E-state index contributed by atoms with van der Waals surface area (Å²) in [6.45, 7) is 9.15. The molecule has 2 nitrogen and oxygen atoms in total. The van der Waals surface area contributed by atoms with E-state index in [2.05, 4.69) is 13.8 Å². The van der Waals surface area contributed by atoms with E-state index in [0.29, 0.717) is 10.8 Å². The number of aliphatic hydroxyl groups is 2. The fourth-order valence-corrected chi connectivity index (χ4v) is 8.77. The van der Waals surface area contributed by atoms with Gasteiger partial charge in [-0.25, -0.2) is 0 Å². The lowest BCUT2D eigenvalue weighted by Gasteiger charge is -2.61. The molecule has 4 aliphatic carbocycles. The van der Waals surface area contributed by atoms with E-state index in [1.807, 2.05) is 13.8 Å². The van der Waals surface area contributed by atoms with Crippen LogP contribution in [-0.2, 0) is 0 Å². The molecule has 4 saturated carbocycles. The maximum atomic E-state index is 10.2. The van der Waals surface area contributed by atoms with Gasteiger partial charge in [0.1, 0.15) is 0 Å². The van der Waals surface area contributed by atoms with E-state index in [-0.39, 0.29) is 6.10 Å². The lowest BCUT2D eigenvalue weighted by molar-refractivity contribution is -0.127. The van der Waals surface area contributed by atoms with Crippen LogP contribution in [-0.4, -0.2) is 21.9 Å². The van der Waals surface area contributed by atoms with Crippen LogP contribution < -0.4 is 0 Å². The van der Waals surface area contributed by atoms with Crippen molar-refractivity contribution in [1.29, 1.82) is 0 Å². The summed E-state index contributed by atoms with van der Waals surface area (Å²) in [4.78, 5) is 0. The van der Waals surface area contributed by atoms with Crippen molar-refractivity contribution in [2.75, 3.05) is 0 Å². The fraction of sp³-hybridized carbons (Fsp3) is 1.00. The molecule has 28 heavy (non-hydrogen) atoms. The van der Waals surface area contributed by atoms with Crippen molar-refractivity contribution in [3.63, 3.8) is 0 Å². The van der Waals surface area contributed by atoms with Gasteiger partial charge in [-0.1, -0.05) is 26.7 Å². The van der Waals surface area contributed by atoms with Gasteiger partial charge in [0.25, 0.3) is 0 Å². The Morgan fingerprint density at radius 1 is 0.857 bits per heavy atom. The first-order valence-electron chi connectivity index (χ1n) is 12.5. The smallest absolute Gasteiger partial charge is 0.0591 e. The second kappa shape index (κ2) is 7.56. The van der Waals surface area contributed by atoms with Crippen LogP contribution in [0.5, 0.6) is 0 Å². The van der Waals surface area contributed by atoms with Crippen molar-refractivity contribution in [2.45, 2.75) is 123 Å². The molecule has 5 unspecified atom stereocenters. The molecule has 8 atom stereocenters. The Morgan fingerprint density at radius 2 is 1.57 bits per heavy atom. The van der Waals surface area contributed by atoms with E-state index in [1.165, 1.54) is 64.2 Å². The third-order valence-corrected chi connectivity index (χ3v) is 10.4. The summed E-state index contributed by atoms with van der Waals surface area (Å²) in [6.07, 6.45) is 16.8. The van der Waals surface area contributed by atoms with Crippen LogP contribution in [0.2, 0.25) is 0 Å². The number of aliphatic hydroxyl groups excluding tert-OH is 1. The van der Waals surface area contributed by atoms with Gasteiger partial charge in [0, 0.05) is 0 Å². The van der Waals surface area contributed by atoms with Crippen molar-refractivity contribution in [2.24, 2.45) is 40.4 Å². The molecule has 0 amide bonds. The average Bonchev–Trinajstić information content (AvgIpc) is 2.95. The first kappa shape index (κ1) is 21.2. The summed E-state index contributed by atoms with van der Waals surface area (Å²) in [5, 5.41) is 20.2. The Morgan fingerprint density at radius 3 is 2.32 bits per heavy atom. The van der Waals surface area contributed by atoms with E-state index in [1.54, 1.807) is 0 Å². The molecule has 0 heterocycles. The van der Waals surface area contributed by atoms with Crippen molar-refractivity contribution in [3.05, 3.63) is 0 Å². The molecule has 0 saturated heterocycles. The van der Waals surface area contributed by atoms with E-state index in [0.717, 1.165) is 48.9 Å². The summed E-state index contributed by atoms with van der Waals surface area (Å²) in [5.41, 5.74) is 0.587. The van der Waals surface area contributed by atoms with Gasteiger partial charge in [-0.2, -0.15) is 0 Å². The van der Waals surface area contributed by atoms with Crippen molar-refractivity contribution >= 4 is 0 Å². The summed E-state index contributed by atoms with van der Waals surface area (Å²) < 4.78 is 0. The maximum absolute atomic E-state index is 10.2. The highest BCUT2D eigenvalue weighted by Gasteiger charge is 2.59. The third kappa shape index (κ3) is 3.70. The van der Waals surface area contributed by atoms with Crippen molar-refractivity contribution in [1.82, 2.24) is 0 Å². The molecule has 0 aromatic heterocycles. The second-order valence-electron chi connectivity index (χ2n) is 12.5. The Bertz CT molecular complexity index is 551. The monoisotopic (exact) mass is 390 g/mol. The number of fused-ring (bicyclic) bond motifs is 5. The van der Waals surface area contributed by atoms with Gasteiger partial charge in [-0.15, -0.1) is 0 Å². The van der Waals surface area contributed by atoms with Gasteiger partial charge < -0.3 is 10.2 Å². The zero-order valence-electron chi connectivity index (χ0n) is 19.1. The molecule has 0 radical (unpaired) electrons. The largest absolute Gasteiger partial charge is 0.393 e. The molecule has 2 heteroatoms. The highest BCUT2D eigenvalue weighted by molar-refractivity contribution is 5.09. The lowest BCUT2D eigenvalue weighted by atomic mass is 9.44. The van der Waals surface area contributed by atoms with Crippen LogP contribution in [0.3, 0.4) is 0 Å². The normalized spacial score (nSPS) is 48.6. The van der Waals surface area contributed by atoms with Crippen LogP contribution in [0.4, 0.5) is 0 Å². The average molecular weight is 391 g/mol. The molecule has 2 N–H and O–H groups in total. The highest BCUT2D eigenvalue weighted by Crippen LogP contribution is 2.67. The molecule has 0 aliphatic heterocycles. The predicted molar refractivity (Wildman–Crippen MR) is 116 cm³/mol. The summed E-state index contributed by atoms with van der Waals surface area (Å²) in [6, 6.07) is 0. The molecule has 4 fully saturated rings. The van der Waals surface area contributed by atoms with Gasteiger partial charge in [0.15, 0.2) is 0 Å². The maximum Gasteiger partial charge on any atom is 0.0591 e. The molecule has 0 spiro atoms. The second-order valence-corrected chi connectivity index (χ2v) is 12.5. The zero-order chi connectivity index (χ0) is 20.2. The van der Waals surface area contributed by atoms with Gasteiger partial charge in [-0.3, -0.25) is 0 Å². The predicted octanol–water partition coefficient (Wildman–Crippen LogP) is 6.34. The van der Waals surface area contributed by atoms with Crippen LogP contribution in [0, 0.1) is 40.4 Å². The first-order chi connectivity index (χ1) is 13.1. The van der Waals surface area contributed by atoms with Gasteiger partial charge in [-0.05, 0) is 125 Å². The van der Waals surface area contributed by atoms with Gasteiger partial charge >= 0.3 is 0 Å². The summed E-state index contributed by atoms with van der Waals surface area (Å²) >= 11 is 0. The Labute approximate surface area is 173 Å². The van der Waals surface area contributed by atoms with Crippen LogP contribution in [0.15, 0.2) is 0 Å².